The molecule has 0 saturated heterocycles. The van der Waals surface area contributed by atoms with Gasteiger partial charge in [0.2, 0.25) is 10.0 Å². The van der Waals surface area contributed by atoms with Crippen molar-refractivity contribution in [2.75, 3.05) is 7.05 Å². The Morgan fingerprint density at radius 2 is 2.15 bits per heavy atom. The molecule has 0 aromatic carbocycles. The fourth-order valence-corrected chi connectivity index (χ4v) is 3.81. The topological polar surface area (TPSA) is 92.5 Å². The predicted molar refractivity (Wildman–Crippen MR) is 71.7 cm³/mol. The van der Waals surface area contributed by atoms with Crippen LogP contribution in [-0.2, 0) is 21.4 Å². The summed E-state index contributed by atoms with van der Waals surface area (Å²) in [7, 11) is -1.94. The molecule has 1 aromatic rings. The lowest BCUT2D eigenvalue weighted by Crippen LogP contribution is -2.35. The molecule has 0 unspecified atom stereocenters. The lowest BCUT2D eigenvalue weighted by atomic mass is 10.3. The monoisotopic (exact) mass is 301 g/mol. The Hall–Kier alpha value is -1.41. The molecule has 112 valence electrons. The first-order valence-corrected chi connectivity index (χ1v) is 8.07. The third-order valence-corrected chi connectivity index (χ3v) is 5.54. The maximum absolute atomic E-state index is 12.4. The Labute approximate surface area is 118 Å². The molecule has 0 radical (unpaired) electrons. The minimum atomic E-state index is -3.54. The molecular weight excluding hydrogens is 282 g/mol. The molecule has 0 spiro atoms. The zero-order chi connectivity index (χ0) is 14.8. The van der Waals surface area contributed by atoms with E-state index in [4.69, 9.17) is 5.11 Å². The summed E-state index contributed by atoms with van der Waals surface area (Å²) in [6, 6.07) is 0.0577. The Morgan fingerprint density at radius 1 is 1.50 bits per heavy atom. The Kier molecular flexibility index (Phi) is 4.44. The minimum Gasteiger partial charge on any atom is -0.481 e. The zero-order valence-corrected chi connectivity index (χ0v) is 12.2. The molecule has 20 heavy (non-hydrogen) atoms. The van der Waals surface area contributed by atoms with Crippen LogP contribution in [0.25, 0.3) is 0 Å². The quantitative estimate of drug-likeness (QED) is 0.843. The zero-order valence-electron chi connectivity index (χ0n) is 11.4. The molecule has 1 fully saturated rings. The summed E-state index contributed by atoms with van der Waals surface area (Å²) >= 11 is 0. The molecule has 1 aliphatic rings. The van der Waals surface area contributed by atoms with Crippen molar-refractivity contribution in [2.45, 2.75) is 49.6 Å². The summed E-state index contributed by atoms with van der Waals surface area (Å²) in [6.45, 7) is 0.165. The van der Waals surface area contributed by atoms with Crippen molar-refractivity contribution in [3.8, 4) is 0 Å². The average molecular weight is 301 g/mol. The number of carbonyl (C=O) groups is 1. The van der Waals surface area contributed by atoms with Gasteiger partial charge >= 0.3 is 5.97 Å². The van der Waals surface area contributed by atoms with Gasteiger partial charge in [0.05, 0.1) is 19.2 Å². The molecule has 7 nitrogen and oxygen atoms in total. The fourth-order valence-electron chi connectivity index (χ4n) is 2.44. The van der Waals surface area contributed by atoms with Crippen LogP contribution in [0.4, 0.5) is 0 Å². The number of hydrogen-bond donors (Lipinski definition) is 1. The number of aliphatic carboxylic acids is 1. The van der Waals surface area contributed by atoms with E-state index >= 15 is 0 Å². The number of carboxylic acid groups (broad SMARTS) is 1. The highest BCUT2D eigenvalue weighted by molar-refractivity contribution is 7.89. The van der Waals surface area contributed by atoms with E-state index in [1.165, 1.54) is 21.4 Å². The highest BCUT2D eigenvalue weighted by Gasteiger charge is 2.30. The first kappa shape index (κ1) is 15.0. The molecular formula is C12H19N3O4S. The van der Waals surface area contributed by atoms with E-state index in [2.05, 4.69) is 5.10 Å². The first-order chi connectivity index (χ1) is 9.41. The van der Waals surface area contributed by atoms with Crippen molar-refractivity contribution in [3.63, 3.8) is 0 Å². The van der Waals surface area contributed by atoms with Crippen molar-refractivity contribution in [2.24, 2.45) is 0 Å². The molecule has 2 rings (SSSR count). The smallest absolute Gasteiger partial charge is 0.305 e. The van der Waals surface area contributed by atoms with Gasteiger partial charge in [-0.3, -0.25) is 9.48 Å². The van der Waals surface area contributed by atoms with Gasteiger partial charge in [0.25, 0.3) is 0 Å². The molecule has 1 aromatic heterocycles. The standard InChI is InChI=1S/C12H19N3O4S/c1-14(10-4-2-3-5-10)20(18,19)11-8-13-15(9-11)7-6-12(16)17/h8-10H,2-7H2,1H3,(H,16,17). The van der Waals surface area contributed by atoms with E-state index in [9.17, 15) is 13.2 Å². The molecule has 1 N–H and O–H groups in total. The SMILES string of the molecule is CN(C1CCCC1)S(=O)(=O)c1cnn(CCC(=O)O)c1. The van der Waals surface area contributed by atoms with Crippen LogP contribution in [0.3, 0.4) is 0 Å². The van der Waals surface area contributed by atoms with Crippen LogP contribution in [0.5, 0.6) is 0 Å². The number of aromatic nitrogens is 2. The second-order valence-electron chi connectivity index (χ2n) is 5.04. The summed E-state index contributed by atoms with van der Waals surface area (Å²) < 4.78 is 27.6. The van der Waals surface area contributed by atoms with Gasteiger partial charge < -0.3 is 5.11 Å². The van der Waals surface area contributed by atoms with Crippen molar-refractivity contribution in [3.05, 3.63) is 12.4 Å². The predicted octanol–water partition coefficient (Wildman–Crippen LogP) is 0.921. The Bertz CT molecular complexity index is 575. The van der Waals surface area contributed by atoms with Crippen LogP contribution in [0, 0.1) is 0 Å². The third kappa shape index (κ3) is 3.18. The maximum atomic E-state index is 12.4. The van der Waals surface area contributed by atoms with Gasteiger partial charge in [0.15, 0.2) is 0 Å². The summed E-state index contributed by atoms with van der Waals surface area (Å²) in [5.41, 5.74) is 0. The number of aryl methyl sites for hydroxylation is 1. The minimum absolute atomic E-state index is 0.0577. The van der Waals surface area contributed by atoms with Crippen LogP contribution in [0.1, 0.15) is 32.1 Å². The van der Waals surface area contributed by atoms with E-state index in [0.29, 0.717) is 0 Å². The van der Waals surface area contributed by atoms with Crippen molar-refractivity contribution in [1.29, 1.82) is 0 Å². The lowest BCUT2D eigenvalue weighted by molar-refractivity contribution is -0.137. The summed E-state index contributed by atoms with van der Waals surface area (Å²) in [4.78, 5) is 10.6. The largest absolute Gasteiger partial charge is 0.481 e. The second kappa shape index (κ2) is 5.92. The fraction of sp³-hybridized carbons (Fsp3) is 0.667. The van der Waals surface area contributed by atoms with Crippen molar-refractivity contribution in [1.82, 2.24) is 14.1 Å². The third-order valence-electron chi connectivity index (χ3n) is 3.68. The van der Waals surface area contributed by atoms with Crippen LogP contribution >= 0.6 is 0 Å². The second-order valence-corrected chi connectivity index (χ2v) is 7.04. The summed E-state index contributed by atoms with van der Waals surface area (Å²) in [5, 5.41) is 12.5. The average Bonchev–Trinajstić information content (AvgIpc) is 3.06. The molecule has 8 heteroatoms. The Balaban J connectivity index is 2.11. The summed E-state index contributed by atoms with van der Waals surface area (Å²) in [5.74, 6) is -0.937. The normalized spacial score (nSPS) is 16.9. The van der Waals surface area contributed by atoms with Crippen LogP contribution in [0.15, 0.2) is 17.3 Å². The highest BCUT2D eigenvalue weighted by atomic mass is 32.2. The molecule has 0 aliphatic heterocycles. The Morgan fingerprint density at radius 3 is 2.75 bits per heavy atom. The number of hydrogen-bond acceptors (Lipinski definition) is 4. The molecule has 1 aliphatic carbocycles. The molecule has 0 amide bonds. The maximum Gasteiger partial charge on any atom is 0.305 e. The molecule has 1 heterocycles. The van der Waals surface area contributed by atoms with Gasteiger partial charge in [-0.2, -0.15) is 9.40 Å². The van der Waals surface area contributed by atoms with Crippen LogP contribution < -0.4 is 0 Å². The van der Waals surface area contributed by atoms with Crippen LogP contribution in [-0.4, -0.2) is 46.7 Å². The van der Waals surface area contributed by atoms with Gasteiger partial charge in [-0.25, -0.2) is 8.42 Å². The highest BCUT2D eigenvalue weighted by Crippen LogP contribution is 2.26. The van der Waals surface area contributed by atoms with E-state index in [1.54, 1.807) is 7.05 Å². The number of nitrogens with zero attached hydrogens (tertiary/aromatic N) is 3. The van der Waals surface area contributed by atoms with E-state index in [0.717, 1.165) is 25.7 Å². The van der Waals surface area contributed by atoms with E-state index < -0.39 is 16.0 Å². The van der Waals surface area contributed by atoms with Crippen LogP contribution in [0.2, 0.25) is 0 Å². The van der Waals surface area contributed by atoms with E-state index in [-0.39, 0.29) is 23.9 Å². The lowest BCUT2D eigenvalue weighted by Gasteiger charge is -2.22. The van der Waals surface area contributed by atoms with Crippen molar-refractivity contribution < 1.29 is 18.3 Å². The van der Waals surface area contributed by atoms with E-state index in [1.807, 2.05) is 0 Å². The van der Waals surface area contributed by atoms with Gasteiger partial charge in [0.1, 0.15) is 4.90 Å². The van der Waals surface area contributed by atoms with Gasteiger partial charge in [-0.15, -0.1) is 0 Å². The first-order valence-electron chi connectivity index (χ1n) is 6.63. The van der Waals surface area contributed by atoms with Gasteiger partial charge in [-0.05, 0) is 12.8 Å². The molecule has 0 atom stereocenters. The molecule has 1 saturated carbocycles. The van der Waals surface area contributed by atoms with Crippen molar-refractivity contribution >= 4 is 16.0 Å². The number of rotatable bonds is 6. The number of carboxylic acids is 1. The number of sulfonamides is 1. The van der Waals surface area contributed by atoms with Gasteiger partial charge in [0, 0.05) is 19.3 Å². The summed E-state index contributed by atoms with van der Waals surface area (Å²) in [6.07, 6.45) is 6.49. The van der Waals surface area contributed by atoms with Gasteiger partial charge in [-0.1, -0.05) is 12.8 Å². The molecule has 0 bridgehead atoms.